The van der Waals surface area contributed by atoms with Gasteiger partial charge in [0.05, 0.1) is 15.5 Å². The predicted molar refractivity (Wildman–Crippen MR) is 162 cm³/mol. The third kappa shape index (κ3) is 14.1. The molecule has 0 heterocycles. The molecular formula is C29H47Br2NO5. The molecule has 0 saturated carbocycles. The lowest BCUT2D eigenvalue weighted by molar-refractivity contribution is -0.138. The van der Waals surface area contributed by atoms with E-state index in [0.29, 0.717) is 23.2 Å². The molecule has 0 radical (unpaired) electrons. The van der Waals surface area contributed by atoms with Gasteiger partial charge in [-0.25, -0.2) is 9.59 Å². The molecule has 0 unspecified atom stereocenters. The van der Waals surface area contributed by atoms with Gasteiger partial charge in [-0.1, -0.05) is 74.5 Å². The molecule has 0 bridgehead atoms. The van der Waals surface area contributed by atoms with Crippen molar-refractivity contribution in [3.8, 4) is 5.75 Å². The number of rotatable bonds is 12. The van der Waals surface area contributed by atoms with Gasteiger partial charge in [0.15, 0.2) is 0 Å². The second-order valence-electron chi connectivity index (χ2n) is 8.20. The number of esters is 1. The maximum absolute atomic E-state index is 11.7. The van der Waals surface area contributed by atoms with E-state index in [-0.39, 0.29) is 26.4 Å². The molecule has 8 heteroatoms. The van der Waals surface area contributed by atoms with Gasteiger partial charge >= 0.3 is 12.1 Å². The van der Waals surface area contributed by atoms with E-state index in [2.05, 4.69) is 90.5 Å². The standard InChI is InChI=1S/C25H35Br2NO5.2C2H6/c1-8-19(15(2)3)22(16(4)5)18-13-20(26)23(21(27)14-18)31-11-12-33-25(30)28-9-10-32-24(29)17(6)7;2*1-2/h13-16H,6,8-12H2,1-5,7H3,(H,28,30);2*1-2H3/b22-19-;;. The van der Waals surface area contributed by atoms with E-state index < -0.39 is 12.1 Å². The van der Waals surface area contributed by atoms with Gasteiger partial charge in [0.1, 0.15) is 25.6 Å². The zero-order valence-corrected chi connectivity index (χ0v) is 27.5. The molecule has 0 atom stereocenters. The lowest BCUT2D eigenvalue weighted by Gasteiger charge is -2.22. The highest BCUT2D eigenvalue weighted by Gasteiger charge is 2.18. The van der Waals surface area contributed by atoms with Crippen LogP contribution in [0.1, 0.15) is 81.2 Å². The molecule has 0 fully saturated rings. The summed E-state index contributed by atoms with van der Waals surface area (Å²) in [5.74, 6) is 1.03. The largest absolute Gasteiger partial charge is 0.488 e. The number of carbonyl (C=O) groups excluding carboxylic acids is 2. The number of nitrogens with one attached hydrogen (secondary N) is 1. The van der Waals surface area contributed by atoms with Gasteiger partial charge in [0, 0.05) is 5.57 Å². The molecule has 6 nitrogen and oxygen atoms in total. The fourth-order valence-electron chi connectivity index (χ4n) is 3.40. The molecule has 37 heavy (non-hydrogen) atoms. The molecule has 0 aliphatic heterocycles. The van der Waals surface area contributed by atoms with Crippen LogP contribution in [0.2, 0.25) is 0 Å². The van der Waals surface area contributed by atoms with Crippen molar-refractivity contribution < 1.29 is 23.8 Å². The first-order chi connectivity index (χ1) is 17.5. The van der Waals surface area contributed by atoms with Gasteiger partial charge in [-0.2, -0.15) is 0 Å². The van der Waals surface area contributed by atoms with E-state index in [0.717, 1.165) is 20.9 Å². The van der Waals surface area contributed by atoms with Gasteiger partial charge in [-0.3, -0.25) is 0 Å². The summed E-state index contributed by atoms with van der Waals surface area (Å²) >= 11 is 7.25. The van der Waals surface area contributed by atoms with Gasteiger partial charge in [-0.05, 0) is 80.3 Å². The predicted octanol–water partition coefficient (Wildman–Crippen LogP) is 8.96. The second-order valence-corrected chi connectivity index (χ2v) is 9.91. The number of hydrogen-bond acceptors (Lipinski definition) is 5. The van der Waals surface area contributed by atoms with Crippen molar-refractivity contribution in [1.82, 2.24) is 5.32 Å². The van der Waals surface area contributed by atoms with Crippen LogP contribution in [-0.4, -0.2) is 38.4 Å². The summed E-state index contributed by atoms with van der Waals surface area (Å²) in [5, 5.41) is 2.51. The lowest BCUT2D eigenvalue weighted by Crippen LogP contribution is -2.29. The summed E-state index contributed by atoms with van der Waals surface area (Å²) in [4.78, 5) is 23.0. The fraction of sp³-hybridized carbons (Fsp3) is 0.586. The van der Waals surface area contributed by atoms with E-state index in [1.54, 1.807) is 6.92 Å². The maximum Gasteiger partial charge on any atom is 0.407 e. The number of amides is 1. The minimum absolute atomic E-state index is 0.0485. The average Bonchev–Trinajstić information content (AvgIpc) is 2.85. The number of carbonyl (C=O) groups is 2. The number of hydrogen-bond donors (Lipinski definition) is 1. The Labute approximate surface area is 241 Å². The first-order valence-electron chi connectivity index (χ1n) is 13.1. The van der Waals surface area contributed by atoms with Gasteiger partial charge in [0.25, 0.3) is 0 Å². The summed E-state index contributed by atoms with van der Waals surface area (Å²) in [5.41, 5.74) is 4.27. The quantitative estimate of drug-likeness (QED) is 0.139. The Morgan fingerprint density at radius 2 is 1.46 bits per heavy atom. The van der Waals surface area contributed by atoms with Crippen LogP contribution in [0.5, 0.6) is 5.75 Å². The Morgan fingerprint density at radius 3 is 1.89 bits per heavy atom. The molecule has 0 saturated heterocycles. The summed E-state index contributed by atoms with van der Waals surface area (Å²) < 4.78 is 17.5. The van der Waals surface area contributed by atoms with Crippen molar-refractivity contribution in [2.24, 2.45) is 11.8 Å². The van der Waals surface area contributed by atoms with E-state index in [1.165, 1.54) is 11.1 Å². The number of ether oxygens (including phenoxy) is 3. The van der Waals surface area contributed by atoms with Crippen molar-refractivity contribution in [2.45, 2.75) is 75.7 Å². The van der Waals surface area contributed by atoms with Crippen LogP contribution in [0.25, 0.3) is 5.57 Å². The Morgan fingerprint density at radius 1 is 0.919 bits per heavy atom. The Balaban J connectivity index is 0. The smallest absolute Gasteiger partial charge is 0.407 e. The fourth-order valence-corrected chi connectivity index (χ4v) is 4.82. The highest BCUT2D eigenvalue weighted by molar-refractivity contribution is 9.11. The number of benzene rings is 1. The monoisotopic (exact) mass is 647 g/mol. The zero-order valence-electron chi connectivity index (χ0n) is 24.3. The third-order valence-electron chi connectivity index (χ3n) is 4.83. The highest BCUT2D eigenvalue weighted by Crippen LogP contribution is 2.40. The number of halogens is 2. The Bertz CT molecular complexity index is 856. The van der Waals surface area contributed by atoms with E-state index in [4.69, 9.17) is 14.2 Å². The molecule has 1 aromatic rings. The molecule has 0 aromatic heterocycles. The highest BCUT2D eigenvalue weighted by atomic mass is 79.9. The summed E-state index contributed by atoms with van der Waals surface area (Å²) in [6.45, 7) is 24.6. The molecule has 212 valence electrons. The summed E-state index contributed by atoms with van der Waals surface area (Å²) in [7, 11) is 0. The van der Waals surface area contributed by atoms with Crippen molar-refractivity contribution in [2.75, 3.05) is 26.4 Å². The first-order valence-corrected chi connectivity index (χ1v) is 14.7. The second kappa shape index (κ2) is 21.2. The first kappa shape index (κ1) is 37.4. The summed E-state index contributed by atoms with van der Waals surface area (Å²) in [6, 6.07) is 4.15. The van der Waals surface area contributed by atoms with Crippen molar-refractivity contribution >= 4 is 49.5 Å². The zero-order chi connectivity index (χ0) is 29.1. The van der Waals surface area contributed by atoms with Crippen LogP contribution in [0.15, 0.2) is 38.8 Å². The molecule has 0 spiro atoms. The molecular weight excluding hydrogens is 602 g/mol. The molecule has 0 aliphatic carbocycles. The van der Waals surface area contributed by atoms with E-state index in [1.807, 2.05) is 27.7 Å². The van der Waals surface area contributed by atoms with Crippen LogP contribution in [0.3, 0.4) is 0 Å². The van der Waals surface area contributed by atoms with Crippen LogP contribution in [0.4, 0.5) is 4.79 Å². The van der Waals surface area contributed by atoms with Crippen LogP contribution < -0.4 is 10.1 Å². The molecule has 1 rings (SSSR count). The average molecular weight is 650 g/mol. The van der Waals surface area contributed by atoms with Crippen LogP contribution >= 0.6 is 31.9 Å². The SMILES string of the molecule is C=C(C)C(=O)OCCNC(=O)OCCOc1c(Br)cc(/C(=C(/CC)C(C)C)C(C)C)cc1Br.CC.CC. The third-order valence-corrected chi connectivity index (χ3v) is 6.00. The van der Waals surface area contributed by atoms with E-state index in [9.17, 15) is 9.59 Å². The van der Waals surface area contributed by atoms with Gasteiger partial charge < -0.3 is 19.5 Å². The molecule has 1 N–H and O–H groups in total. The summed E-state index contributed by atoms with van der Waals surface area (Å²) in [6.07, 6.45) is 0.403. The Kier molecular flexibility index (Phi) is 21.4. The minimum atomic E-state index is -0.606. The number of allylic oxidation sites excluding steroid dienone is 2. The molecule has 1 amide bonds. The van der Waals surface area contributed by atoms with Crippen molar-refractivity contribution in [3.63, 3.8) is 0 Å². The van der Waals surface area contributed by atoms with Crippen LogP contribution in [-0.2, 0) is 14.3 Å². The van der Waals surface area contributed by atoms with Crippen molar-refractivity contribution in [3.05, 3.63) is 44.4 Å². The number of alkyl carbamates (subject to hydrolysis) is 1. The van der Waals surface area contributed by atoms with E-state index >= 15 is 0 Å². The lowest BCUT2D eigenvalue weighted by atomic mass is 9.85. The normalized spacial score (nSPS) is 10.9. The van der Waals surface area contributed by atoms with Gasteiger partial charge in [-0.15, -0.1) is 0 Å². The molecule has 0 aliphatic rings. The van der Waals surface area contributed by atoms with Gasteiger partial charge in [0.2, 0.25) is 0 Å². The molecule has 1 aromatic carbocycles. The Hall–Kier alpha value is -1.80. The van der Waals surface area contributed by atoms with Crippen molar-refractivity contribution in [1.29, 1.82) is 0 Å². The van der Waals surface area contributed by atoms with Crippen LogP contribution in [0, 0.1) is 11.8 Å². The maximum atomic E-state index is 11.7. The minimum Gasteiger partial charge on any atom is -0.488 e. The topological polar surface area (TPSA) is 73.9 Å².